The van der Waals surface area contributed by atoms with Crippen LogP contribution in [0, 0.1) is 11.3 Å². The molecule has 0 aromatic heterocycles. The van der Waals surface area contributed by atoms with E-state index in [9.17, 15) is 0 Å². The number of methoxy groups -OCH3 is 2. The van der Waals surface area contributed by atoms with E-state index in [0.29, 0.717) is 17.9 Å². The van der Waals surface area contributed by atoms with E-state index in [2.05, 4.69) is 11.4 Å². The summed E-state index contributed by atoms with van der Waals surface area (Å²) in [4.78, 5) is 0. The van der Waals surface area contributed by atoms with Crippen LogP contribution >= 0.6 is 0 Å². The van der Waals surface area contributed by atoms with Crippen LogP contribution in [0.2, 0.25) is 0 Å². The lowest BCUT2D eigenvalue weighted by Crippen LogP contribution is -2.00. The van der Waals surface area contributed by atoms with Gasteiger partial charge in [0.15, 0.2) is 0 Å². The van der Waals surface area contributed by atoms with E-state index in [0.717, 1.165) is 17.0 Å². The van der Waals surface area contributed by atoms with Crippen LogP contribution < -0.4 is 14.8 Å². The van der Waals surface area contributed by atoms with Crippen LogP contribution in [0.3, 0.4) is 0 Å². The van der Waals surface area contributed by atoms with Gasteiger partial charge < -0.3 is 14.8 Å². The Labute approximate surface area is 118 Å². The van der Waals surface area contributed by atoms with Crippen molar-refractivity contribution in [2.45, 2.75) is 6.54 Å². The van der Waals surface area contributed by atoms with E-state index in [1.165, 1.54) is 0 Å². The molecule has 0 saturated carbocycles. The van der Waals surface area contributed by atoms with Gasteiger partial charge in [0.1, 0.15) is 17.6 Å². The molecule has 0 radical (unpaired) electrons. The molecule has 0 amide bonds. The third-order valence-electron chi connectivity index (χ3n) is 2.95. The van der Waals surface area contributed by atoms with Gasteiger partial charge in [0.2, 0.25) is 0 Å². The molecule has 2 rings (SSSR count). The number of rotatable bonds is 5. The molecule has 2 aromatic carbocycles. The number of hydrogen-bond acceptors (Lipinski definition) is 4. The van der Waals surface area contributed by atoms with E-state index in [4.69, 9.17) is 14.7 Å². The third kappa shape index (κ3) is 3.21. The topological polar surface area (TPSA) is 54.3 Å². The molecular formula is C16H16N2O2. The summed E-state index contributed by atoms with van der Waals surface area (Å²) < 4.78 is 10.4. The Balaban J connectivity index is 2.09. The molecular weight excluding hydrogens is 252 g/mol. The van der Waals surface area contributed by atoms with E-state index < -0.39 is 0 Å². The van der Waals surface area contributed by atoms with Gasteiger partial charge in [-0.25, -0.2) is 0 Å². The van der Waals surface area contributed by atoms with Gasteiger partial charge >= 0.3 is 0 Å². The maximum Gasteiger partial charge on any atom is 0.136 e. The van der Waals surface area contributed by atoms with Crippen LogP contribution in [-0.4, -0.2) is 14.2 Å². The molecule has 4 heteroatoms. The number of nitrogens with one attached hydrogen (secondary N) is 1. The molecule has 0 bridgehead atoms. The zero-order valence-corrected chi connectivity index (χ0v) is 11.5. The van der Waals surface area contributed by atoms with Crippen molar-refractivity contribution < 1.29 is 9.47 Å². The van der Waals surface area contributed by atoms with E-state index in [1.807, 2.05) is 36.4 Å². The maximum atomic E-state index is 8.95. The lowest BCUT2D eigenvalue weighted by atomic mass is 10.1. The smallest absolute Gasteiger partial charge is 0.136 e. The number of benzene rings is 2. The maximum absolute atomic E-state index is 8.95. The summed E-state index contributed by atoms with van der Waals surface area (Å²) in [7, 11) is 3.21. The van der Waals surface area contributed by atoms with Crippen molar-refractivity contribution in [1.82, 2.24) is 0 Å². The second-order valence-corrected chi connectivity index (χ2v) is 4.23. The highest BCUT2D eigenvalue weighted by Crippen LogP contribution is 2.21. The minimum absolute atomic E-state index is 0.539. The number of nitriles is 1. The first-order valence-electron chi connectivity index (χ1n) is 6.21. The fourth-order valence-electron chi connectivity index (χ4n) is 1.88. The van der Waals surface area contributed by atoms with Crippen LogP contribution in [0.1, 0.15) is 11.1 Å². The molecule has 0 aliphatic heterocycles. The Morgan fingerprint density at radius 3 is 2.65 bits per heavy atom. The van der Waals surface area contributed by atoms with Crippen molar-refractivity contribution in [1.29, 1.82) is 5.26 Å². The van der Waals surface area contributed by atoms with Crippen LogP contribution in [0.15, 0.2) is 42.5 Å². The lowest BCUT2D eigenvalue weighted by molar-refractivity contribution is 0.413. The largest absolute Gasteiger partial charge is 0.497 e. The van der Waals surface area contributed by atoms with Gasteiger partial charge in [-0.3, -0.25) is 0 Å². The lowest BCUT2D eigenvalue weighted by Gasteiger charge is -2.10. The fourth-order valence-corrected chi connectivity index (χ4v) is 1.88. The van der Waals surface area contributed by atoms with Crippen molar-refractivity contribution in [3.05, 3.63) is 53.6 Å². The van der Waals surface area contributed by atoms with Gasteiger partial charge in [0.05, 0.1) is 19.8 Å². The van der Waals surface area contributed by atoms with Crippen molar-refractivity contribution in [2.24, 2.45) is 0 Å². The first kappa shape index (κ1) is 13.8. The SMILES string of the molecule is COc1cccc(NCc2ccc(C#N)c(OC)c2)c1. The van der Waals surface area contributed by atoms with Gasteiger partial charge in [-0.2, -0.15) is 5.26 Å². The Bertz CT molecular complexity index is 633. The molecule has 1 N–H and O–H groups in total. The van der Waals surface area contributed by atoms with Crippen molar-refractivity contribution in [2.75, 3.05) is 19.5 Å². The molecule has 20 heavy (non-hydrogen) atoms. The predicted molar refractivity (Wildman–Crippen MR) is 78.0 cm³/mol. The molecule has 0 spiro atoms. The summed E-state index contributed by atoms with van der Waals surface area (Å²) >= 11 is 0. The molecule has 0 aliphatic carbocycles. The second-order valence-electron chi connectivity index (χ2n) is 4.23. The van der Waals surface area contributed by atoms with Crippen molar-refractivity contribution in [3.8, 4) is 17.6 Å². The van der Waals surface area contributed by atoms with Crippen molar-refractivity contribution in [3.63, 3.8) is 0 Å². The van der Waals surface area contributed by atoms with Gasteiger partial charge in [-0.1, -0.05) is 12.1 Å². The monoisotopic (exact) mass is 268 g/mol. The molecule has 102 valence electrons. The number of nitrogens with zero attached hydrogens (tertiary/aromatic N) is 1. The number of hydrogen-bond donors (Lipinski definition) is 1. The normalized spacial score (nSPS) is 9.65. The molecule has 0 unspecified atom stereocenters. The van der Waals surface area contributed by atoms with Crippen LogP contribution in [-0.2, 0) is 6.54 Å². The Morgan fingerprint density at radius 1 is 1.10 bits per heavy atom. The first-order chi connectivity index (χ1) is 9.76. The predicted octanol–water partition coefficient (Wildman–Crippen LogP) is 3.19. The van der Waals surface area contributed by atoms with Gasteiger partial charge in [0.25, 0.3) is 0 Å². The zero-order chi connectivity index (χ0) is 14.4. The zero-order valence-electron chi connectivity index (χ0n) is 11.5. The summed E-state index contributed by atoms with van der Waals surface area (Å²) in [6.45, 7) is 0.648. The van der Waals surface area contributed by atoms with Crippen LogP contribution in [0.25, 0.3) is 0 Å². The summed E-state index contributed by atoms with van der Waals surface area (Å²) in [5.41, 5.74) is 2.56. The van der Waals surface area contributed by atoms with Crippen LogP contribution in [0.5, 0.6) is 11.5 Å². The Hall–Kier alpha value is -2.67. The summed E-state index contributed by atoms with van der Waals surface area (Å²) in [6, 6.07) is 15.4. The fraction of sp³-hybridized carbons (Fsp3) is 0.188. The highest BCUT2D eigenvalue weighted by molar-refractivity contribution is 5.50. The van der Waals surface area contributed by atoms with Crippen LogP contribution in [0.4, 0.5) is 5.69 Å². The average molecular weight is 268 g/mol. The second kappa shape index (κ2) is 6.48. The third-order valence-corrected chi connectivity index (χ3v) is 2.95. The average Bonchev–Trinajstić information content (AvgIpc) is 2.52. The molecule has 4 nitrogen and oxygen atoms in total. The minimum Gasteiger partial charge on any atom is -0.497 e. The number of ether oxygens (including phenoxy) is 2. The summed E-state index contributed by atoms with van der Waals surface area (Å²) in [5.74, 6) is 1.41. The number of anilines is 1. The summed E-state index contributed by atoms with van der Waals surface area (Å²) in [5, 5.41) is 12.3. The summed E-state index contributed by atoms with van der Waals surface area (Å²) in [6.07, 6.45) is 0. The standard InChI is InChI=1S/C16H16N2O2/c1-19-15-5-3-4-14(9-15)18-11-12-6-7-13(10-17)16(8-12)20-2/h3-9,18H,11H2,1-2H3. The van der Waals surface area contributed by atoms with Gasteiger partial charge in [0, 0.05) is 18.3 Å². The molecule has 0 saturated heterocycles. The van der Waals surface area contributed by atoms with Gasteiger partial charge in [-0.05, 0) is 29.8 Å². The molecule has 0 atom stereocenters. The highest BCUT2D eigenvalue weighted by Gasteiger charge is 2.03. The van der Waals surface area contributed by atoms with E-state index in [1.54, 1.807) is 20.3 Å². The Morgan fingerprint density at radius 2 is 1.95 bits per heavy atom. The minimum atomic E-state index is 0.539. The molecule has 2 aromatic rings. The molecule has 0 aliphatic rings. The highest BCUT2D eigenvalue weighted by atomic mass is 16.5. The molecule has 0 fully saturated rings. The van der Waals surface area contributed by atoms with E-state index in [-0.39, 0.29) is 0 Å². The quantitative estimate of drug-likeness (QED) is 0.904. The van der Waals surface area contributed by atoms with E-state index >= 15 is 0 Å². The van der Waals surface area contributed by atoms with Crippen molar-refractivity contribution >= 4 is 5.69 Å². The van der Waals surface area contributed by atoms with Gasteiger partial charge in [-0.15, -0.1) is 0 Å². The first-order valence-corrected chi connectivity index (χ1v) is 6.21. The Kier molecular flexibility index (Phi) is 4.46. The molecule has 0 heterocycles.